The summed E-state index contributed by atoms with van der Waals surface area (Å²) in [6.45, 7) is 3.97. The highest BCUT2D eigenvalue weighted by atomic mass is 16.8. The van der Waals surface area contributed by atoms with Gasteiger partial charge in [0, 0.05) is 7.11 Å². The molecule has 1 N–H and O–H groups in total. The third-order valence-corrected chi connectivity index (χ3v) is 5.36. The van der Waals surface area contributed by atoms with E-state index in [0.717, 1.165) is 11.1 Å². The lowest BCUT2D eigenvalue weighted by molar-refractivity contribution is -0.385. The smallest absolute Gasteiger partial charge is 0.186 e. The number of methoxy groups -OCH3 is 1. The summed E-state index contributed by atoms with van der Waals surface area (Å²) in [5.74, 6) is -0.797. The minimum Gasteiger partial charge on any atom is -0.387 e. The SMILES string of the molecule is CO[C@H]1O[C@@H]2COC(C)(C)O[C@H]2[C@H](O)[C@@H]1OC(c1ccccc1)c1ccccc1. The number of hydrogen-bond donors (Lipinski definition) is 1. The van der Waals surface area contributed by atoms with Crippen LogP contribution in [0.5, 0.6) is 0 Å². The summed E-state index contributed by atoms with van der Waals surface area (Å²) in [6.07, 6.45) is -3.79. The maximum absolute atomic E-state index is 11.2. The molecule has 2 aliphatic rings. The molecule has 0 aromatic heterocycles. The zero-order valence-electron chi connectivity index (χ0n) is 16.9. The lowest BCUT2D eigenvalue weighted by Crippen LogP contribution is -2.65. The molecule has 2 aliphatic heterocycles. The molecule has 0 spiro atoms. The Kier molecular flexibility index (Phi) is 6.01. The largest absolute Gasteiger partial charge is 0.387 e. The number of fused-ring (bicyclic) bond motifs is 1. The highest BCUT2D eigenvalue weighted by molar-refractivity contribution is 5.30. The van der Waals surface area contributed by atoms with E-state index in [1.807, 2.05) is 74.5 Å². The summed E-state index contributed by atoms with van der Waals surface area (Å²) in [5.41, 5.74) is 1.97. The fraction of sp³-hybridized carbons (Fsp3) is 0.478. The first kappa shape index (κ1) is 20.5. The Balaban J connectivity index is 1.63. The van der Waals surface area contributed by atoms with Crippen LogP contribution in [0.25, 0.3) is 0 Å². The van der Waals surface area contributed by atoms with E-state index >= 15 is 0 Å². The number of aliphatic hydroxyl groups excluding tert-OH is 1. The standard InChI is InChI=1S/C23H28O6/c1-23(2)26-14-17-20(29-23)18(24)21(22(25-3)27-17)28-19(15-10-6-4-7-11-15)16-12-8-5-9-13-16/h4-13,17-22,24H,14H2,1-3H3/t17-,18+,20-,21+,22+/m1/s1. The van der Waals surface area contributed by atoms with Gasteiger partial charge in [-0.3, -0.25) is 0 Å². The van der Waals surface area contributed by atoms with Crippen LogP contribution in [-0.4, -0.2) is 55.3 Å². The molecule has 0 bridgehead atoms. The molecule has 6 heteroatoms. The summed E-state index contributed by atoms with van der Waals surface area (Å²) >= 11 is 0. The fourth-order valence-electron chi connectivity index (χ4n) is 3.92. The maximum Gasteiger partial charge on any atom is 0.186 e. The van der Waals surface area contributed by atoms with Gasteiger partial charge < -0.3 is 28.8 Å². The minimum absolute atomic E-state index is 0.322. The number of hydrogen-bond acceptors (Lipinski definition) is 6. The number of benzene rings is 2. The molecule has 5 atom stereocenters. The Hall–Kier alpha value is -1.80. The average molecular weight is 400 g/mol. The van der Waals surface area contributed by atoms with Crippen molar-refractivity contribution in [2.24, 2.45) is 0 Å². The molecule has 2 fully saturated rings. The van der Waals surface area contributed by atoms with Crippen LogP contribution >= 0.6 is 0 Å². The molecule has 2 heterocycles. The maximum atomic E-state index is 11.2. The molecule has 0 aliphatic carbocycles. The molecule has 0 saturated carbocycles. The van der Waals surface area contributed by atoms with Gasteiger partial charge in [0.15, 0.2) is 12.1 Å². The summed E-state index contributed by atoms with van der Waals surface area (Å²) in [5, 5.41) is 11.2. The highest BCUT2D eigenvalue weighted by Gasteiger charge is 2.52. The van der Waals surface area contributed by atoms with E-state index in [4.69, 9.17) is 23.7 Å². The van der Waals surface area contributed by atoms with Gasteiger partial charge in [0.2, 0.25) is 0 Å². The summed E-state index contributed by atoms with van der Waals surface area (Å²) in [4.78, 5) is 0. The second-order valence-corrected chi connectivity index (χ2v) is 7.86. The van der Waals surface area contributed by atoms with E-state index in [2.05, 4.69) is 0 Å². The van der Waals surface area contributed by atoms with Crippen LogP contribution in [0.2, 0.25) is 0 Å². The van der Waals surface area contributed by atoms with Crippen molar-refractivity contribution >= 4 is 0 Å². The van der Waals surface area contributed by atoms with E-state index in [-0.39, 0.29) is 6.10 Å². The minimum atomic E-state index is -0.934. The first-order valence-corrected chi connectivity index (χ1v) is 9.92. The van der Waals surface area contributed by atoms with E-state index in [9.17, 15) is 5.11 Å². The molecule has 0 radical (unpaired) electrons. The third-order valence-electron chi connectivity index (χ3n) is 5.36. The van der Waals surface area contributed by atoms with E-state index in [1.165, 1.54) is 0 Å². The van der Waals surface area contributed by atoms with E-state index in [0.29, 0.717) is 6.61 Å². The average Bonchev–Trinajstić information content (AvgIpc) is 2.74. The van der Waals surface area contributed by atoms with Crippen LogP contribution in [0.1, 0.15) is 31.1 Å². The Morgan fingerprint density at radius 3 is 2.14 bits per heavy atom. The molecule has 6 nitrogen and oxygen atoms in total. The normalized spacial score (nSPS) is 31.4. The monoisotopic (exact) mass is 400 g/mol. The number of aliphatic hydroxyl groups is 1. The molecule has 2 aromatic carbocycles. The van der Waals surface area contributed by atoms with Crippen molar-refractivity contribution in [2.75, 3.05) is 13.7 Å². The zero-order valence-corrected chi connectivity index (χ0v) is 16.9. The Labute approximate surface area is 171 Å². The van der Waals surface area contributed by atoms with Gasteiger partial charge in [-0.2, -0.15) is 0 Å². The molecule has 4 rings (SSSR count). The van der Waals surface area contributed by atoms with Crippen molar-refractivity contribution in [1.82, 2.24) is 0 Å². The summed E-state index contributed by atoms with van der Waals surface area (Å²) < 4.78 is 29.7. The second kappa shape index (κ2) is 8.52. The quantitative estimate of drug-likeness (QED) is 0.832. The van der Waals surface area contributed by atoms with Crippen LogP contribution in [0, 0.1) is 0 Å². The van der Waals surface area contributed by atoms with Crippen molar-refractivity contribution in [3.8, 4) is 0 Å². The van der Waals surface area contributed by atoms with Crippen molar-refractivity contribution in [3.05, 3.63) is 71.8 Å². The molecule has 0 unspecified atom stereocenters. The molecular weight excluding hydrogens is 372 g/mol. The van der Waals surface area contributed by atoms with Gasteiger partial charge >= 0.3 is 0 Å². The lowest BCUT2D eigenvalue weighted by atomic mass is 9.96. The van der Waals surface area contributed by atoms with Gasteiger partial charge in [-0.25, -0.2) is 0 Å². The van der Waals surface area contributed by atoms with Crippen LogP contribution in [0.3, 0.4) is 0 Å². The molecule has 156 valence electrons. The molecule has 2 saturated heterocycles. The molecule has 29 heavy (non-hydrogen) atoms. The van der Waals surface area contributed by atoms with Gasteiger partial charge in [0.25, 0.3) is 0 Å². The molecule has 2 aromatic rings. The van der Waals surface area contributed by atoms with E-state index in [1.54, 1.807) is 7.11 Å². The van der Waals surface area contributed by atoms with Crippen LogP contribution in [0.4, 0.5) is 0 Å². The Morgan fingerprint density at radius 2 is 1.59 bits per heavy atom. The van der Waals surface area contributed by atoms with Crippen LogP contribution in [0.15, 0.2) is 60.7 Å². The zero-order chi connectivity index (χ0) is 20.4. The van der Waals surface area contributed by atoms with Crippen molar-refractivity contribution < 1.29 is 28.8 Å². The van der Waals surface area contributed by atoms with Gasteiger partial charge in [0.05, 0.1) is 6.61 Å². The van der Waals surface area contributed by atoms with Crippen LogP contribution in [-0.2, 0) is 23.7 Å². The predicted molar refractivity (Wildman–Crippen MR) is 106 cm³/mol. The lowest BCUT2D eigenvalue weighted by Gasteiger charge is -2.49. The predicted octanol–water partition coefficient (Wildman–Crippen LogP) is 3.04. The summed E-state index contributed by atoms with van der Waals surface area (Å²) in [7, 11) is 1.54. The number of ether oxygens (including phenoxy) is 5. The summed E-state index contributed by atoms with van der Waals surface area (Å²) in [6, 6.07) is 19.8. The first-order chi connectivity index (χ1) is 14.0. The van der Waals surface area contributed by atoms with Gasteiger partial charge in [-0.15, -0.1) is 0 Å². The van der Waals surface area contributed by atoms with Gasteiger partial charge in [-0.05, 0) is 25.0 Å². The molecular formula is C23H28O6. The van der Waals surface area contributed by atoms with Crippen molar-refractivity contribution in [2.45, 2.75) is 56.4 Å². The Morgan fingerprint density at radius 1 is 1.00 bits per heavy atom. The highest BCUT2D eigenvalue weighted by Crippen LogP contribution is 2.37. The van der Waals surface area contributed by atoms with Gasteiger partial charge in [0.1, 0.15) is 30.5 Å². The topological polar surface area (TPSA) is 66.4 Å². The number of rotatable bonds is 5. The fourth-order valence-corrected chi connectivity index (χ4v) is 3.92. The Bertz CT molecular complexity index is 741. The first-order valence-electron chi connectivity index (χ1n) is 9.92. The van der Waals surface area contributed by atoms with E-state index < -0.39 is 36.5 Å². The third kappa shape index (κ3) is 4.38. The van der Waals surface area contributed by atoms with Gasteiger partial charge in [-0.1, -0.05) is 60.7 Å². The van der Waals surface area contributed by atoms with Crippen LogP contribution < -0.4 is 0 Å². The molecule has 0 amide bonds. The van der Waals surface area contributed by atoms with Crippen molar-refractivity contribution in [1.29, 1.82) is 0 Å². The second-order valence-electron chi connectivity index (χ2n) is 7.86. The van der Waals surface area contributed by atoms with Crippen molar-refractivity contribution in [3.63, 3.8) is 0 Å².